The number of aryl methyl sites for hydroxylation is 1. The Morgan fingerprint density at radius 3 is 2.52 bits per heavy atom. The van der Waals surface area contributed by atoms with Gasteiger partial charge >= 0.3 is 6.18 Å². The highest BCUT2D eigenvalue weighted by Gasteiger charge is 2.38. The first-order chi connectivity index (χ1) is 11.7. The number of likely N-dealkylation sites (tertiary alicyclic amines) is 1. The molecule has 3 rings (SSSR count). The number of hydrogen-bond acceptors (Lipinski definition) is 3. The Hall–Kier alpha value is -2.35. The van der Waals surface area contributed by atoms with E-state index in [1.807, 2.05) is 0 Å². The molecule has 1 fully saturated rings. The molecule has 1 saturated heterocycles. The van der Waals surface area contributed by atoms with Gasteiger partial charge in [-0.25, -0.2) is 0 Å². The Kier molecular flexibility index (Phi) is 4.32. The third-order valence-corrected chi connectivity index (χ3v) is 4.53. The summed E-state index contributed by atoms with van der Waals surface area (Å²) in [4.78, 5) is 13.9. The number of hydrogen-bond donors (Lipinski definition) is 2. The molecule has 0 atom stereocenters. The Morgan fingerprint density at radius 2 is 1.96 bits per heavy atom. The lowest BCUT2D eigenvalue weighted by molar-refractivity contribution is -0.137. The van der Waals surface area contributed by atoms with Crippen molar-refractivity contribution >= 4 is 5.91 Å². The van der Waals surface area contributed by atoms with Crippen LogP contribution in [0.2, 0.25) is 0 Å². The smallest absolute Gasteiger partial charge is 0.385 e. The molecule has 0 bridgehead atoms. The van der Waals surface area contributed by atoms with Crippen LogP contribution in [-0.4, -0.2) is 39.2 Å². The van der Waals surface area contributed by atoms with Crippen molar-refractivity contribution in [3.05, 3.63) is 52.8 Å². The number of halogens is 3. The van der Waals surface area contributed by atoms with E-state index in [4.69, 9.17) is 0 Å². The van der Waals surface area contributed by atoms with Crippen LogP contribution in [0.5, 0.6) is 0 Å². The van der Waals surface area contributed by atoms with Crippen LogP contribution in [0, 0.1) is 6.92 Å². The van der Waals surface area contributed by atoms with Crippen molar-refractivity contribution in [2.75, 3.05) is 13.1 Å². The van der Waals surface area contributed by atoms with Gasteiger partial charge in [0.25, 0.3) is 5.91 Å². The van der Waals surface area contributed by atoms with Crippen molar-refractivity contribution in [3.63, 3.8) is 0 Å². The van der Waals surface area contributed by atoms with Crippen molar-refractivity contribution in [1.29, 1.82) is 0 Å². The van der Waals surface area contributed by atoms with Gasteiger partial charge in [-0.1, -0.05) is 12.1 Å². The van der Waals surface area contributed by atoms with E-state index in [2.05, 4.69) is 10.2 Å². The molecule has 1 aromatic carbocycles. The predicted octanol–water partition coefficient (Wildman–Crippen LogP) is 2.86. The summed E-state index contributed by atoms with van der Waals surface area (Å²) in [7, 11) is 0. The minimum absolute atomic E-state index is 0.170. The van der Waals surface area contributed by atoms with Crippen LogP contribution in [-0.2, 0) is 11.8 Å². The second-order valence-corrected chi connectivity index (χ2v) is 6.34. The topological polar surface area (TPSA) is 69.2 Å². The van der Waals surface area contributed by atoms with Gasteiger partial charge in [-0.05, 0) is 43.5 Å². The number of amides is 1. The molecule has 0 aliphatic carbocycles. The fraction of sp³-hybridized carbons (Fsp3) is 0.412. The van der Waals surface area contributed by atoms with Crippen molar-refractivity contribution in [3.8, 4) is 0 Å². The molecule has 2 heterocycles. The summed E-state index contributed by atoms with van der Waals surface area (Å²) in [5, 5.41) is 17.4. The highest BCUT2D eigenvalue weighted by Crippen LogP contribution is 2.36. The van der Waals surface area contributed by atoms with Crippen LogP contribution >= 0.6 is 0 Å². The molecule has 5 nitrogen and oxygen atoms in total. The van der Waals surface area contributed by atoms with Gasteiger partial charge in [0, 0.05) is 18.8 Å². The van der Waals surface area contributed by atoms with Crippen molar-refractivity contribution in [1.82, 2.24) is 15.1 Å². The molecule has 0 spiro atoms. The molecular formula is C17H18F3N3O2. The number of nitrogens with one attached hydrogen (secondary N) is 1. The molecule has 8 heteroatoms. The number of piperidine rings is 1. The van der Waals surface area contributed by atoms with Crippen LogP contribution in [0.15, 0.2) is 30.3 Å². The molecule has 134 valence electrons. The maximum Gasteiger partial charge on any atom is 0.416 e. The van der Waals surface area contributed by atoms with Crippen LogP contribution in [0.4, 0.5) is 13.2 Å². The first-order valence-electron chi connectivity index (χ1n) is 7.90. The Labute approximate surface area is 142 Å². The van der Waals surface area contributed by atoms with Gasteiger partial charge in [0.2, 0.25) is 0 Å². The average Bonchev–Trinajstić information content (AvgIpc) is 3.01. The number of benzene rings is 1. The SMILES string of the molecule is Cc1cc(C(=O)N2CCC(O)(c3cccc(C(F)(F)F)c3)CC2)n[nH]1. The number of alkyl halides is 3. The van der Waals surface area contributed by atoms with Gasteiger partial charge in [-0.15, -0.1) is 0 Å². The summed E-state index contributed by atoms with van der Waals surface area (Å²) in [6.07, 6.45) is -4.12. The number of carbonyl (C=O) groups is 1. The average molecular weight is 353 g/mol. The Balaban J connectivity index is 1.73. The van der Waals surface area contributed by atoms with E-state index in [1.54, 1.807) is 17.9 Å². The zero-order valence-corrected chi connectivity index (χ0v) is 13.6. The third kappa shape index (κ3) is 3.53. The summed E-state index contributed by atoms with van der Waals surface area (Å²) in [6, 6.07) is 6.37. The molecular weight excluding hydrogens is 335 g/mol. The largest absolute Gasteiger partial charge is 0.416 e. The highest BCUT2D eigenvalue weighted by molar-refractivity contribution is 5.92. The summed E-state index contributed by atoms with van der Waals surface area (Å²) in [6.45, 7) is 2.28. The lowest BCUT2D eigenvalue weighted by Gasteiger charge is -2.38. The summed E-state index contributed by atoms with van der Waals surface area (Å²) < 4.78 is 38.6. The number of aromatic nitrogens is 2. The van der Waals surface area contributed by atoms with E-state index in [0.717, 1.165) is 17.8 Å². The fourth-order valence-corrected chi connectivity index (χ4v) is 3.04. The van der Waals surface area contributed by atoms with Crippen molar-refractivity contribution < 1.29 is 23.1 Å². The minimum atomic E-state index is -4.46. The van der Waals surface area contributed by atoms with Crippen molar-refractivity contribution in [2.45, 2.75) is 31.5 Å². The molecule has 1 aliphatic rings. The minimum Gasteiger partial charge on any atom is -0.385 e. The van der Waals surface area contributed by atoms with E-state index in [1.165, 1.54) is 12.1 Å². The van der Waals surface area contributed by atoms with E-state index < -0.39 is 17.3 Å². The van der Waals surface area contributed by atoms with Gasteiger partial charge in [-0.2, -0.15) is 18.3 Å². The number of nitrogens with zero attached hydrogens (tertiary/aromatic N) is 2. The van der Waals surface area contributed by atoms with Gasteiger partial charge in [0.15, 0.2) is 0 Å². The highest BCUT2D eigenvalue weighted by atomic mass is 19.4. The number of aromatic amines is 1. The molecule has 1 aromatic heterocycles. The monoisotopic (exact) mass is 353 g/mol. The zero-order chi connectivity index (χ0) is 18.2. The number of rotatable bonds is 2. The molecule has 2 N–H and O–H groups in total. The predicted molar refractivity (Wildman–Crippen MR) is 83.8 cm³/mol. The maximum absolute atomic E-state index is 12.9. The molecule has 0 unspecified atom stereocenters. The Bertz CT molecular complexity index is 777. The van der Waals surface area contributed by atoms with Crippen LogP contribution < -0.4 is 0 Å². The molecule has 2 aromatic rings. The van der Waals surface area contributed by atoms with E-state index >= 15 is 0 Å². The van der Waals surface area contributed by atoms with Gasteiger partial charge < -0.3 is 10.0 Å². The first kappa shape index (κ1) is 17.5. The zero-order valence-electron chi connectivity index (χ0n) is 13.6. The standard InChI is InChI=1S/C17H18F3N3O2/c1-11-9-14(22-21-11)15(24)23-7-5-16(25,6-8-23)12-3-2-4-13(10-12)17(18,19)20/h2-4,9-10,25H,5-8H2,1H3,(H,21,22). The molecule has 0 radical (unpaired) electrons. The van der Waals surface area contributed by atoms with Gasteiger partial charge in [0.05, 0.1) is 11.2 Å². The normalized spacial score (nSPS) is 17.6. The second-order valence-electron chi connectivity index (χ2n) is 6.34. The maximum atomic E-state index is 12.9. The van der Waals surface area contributed by atoms with Gasteiger partial charge in [0.1, 0.15) is 5.69 Å². The second kappa shape index (κ2) is 6.18. The molecule has 1 aliphatic heterocycles. The Morgan fingerprint density at radius 1 is 1.28 bits per heavy atom. The van der Waals surface area contributed by atoms with Crippen molar-refractivity contribution in [2.24, 2.45) is 0 Å². The fourth-order valence-electron chi connectivity index (χ4n) is 3.04. The van der Waals surface area contributed by atoms with Gasteiger partial charge in [-0.3, -0.25) is 9.89 Å². The molecule has 25 heavy (non-hydrogen) atoms. The lowest BCUT2D eigenvalue weighted by atomic mass is 9.83. The summed E-state index contributed by atoms with van der Waals surface area (Å²) in [5.74, 6) is -0.254. The number of carbonyl (C=O) groups excluding carboxylic acids is 1. The number of H-pyrrole nitrogens is 1. The lowest BCUT2D eigenvalue weighted by Crippen LogP contribution is -2.45. The number of aliphatic hydroxyl groups is 1. The van der Waals surface area contributed by atoms with Crippen LogP contribution in [0.3, 0.4) is 0 Å². The quantitative estimate of drug-likeness (QED) is 0.872. The van der Waals surface area contributed by atoms with E-state index in [9.17, 15) is 23.1 Å². The van der Waals surface area contributed by atoms with Crippen LogP contribution in [0.25, 0.3) is 0 Å². The molecule has 0 saturated carbocycles. The first-order valence-corrected chi connectivity index (χ1v) is 7.90. The van der Waals surface area contributed by atoms with E-state index in [-0.39, 0.29) is 37.4 Å². The third-order valence-electron chi connectivity index (χ3n) is 4.53. The molecule has 1 amide bonds. The van der Waals surface area contributed by atoms with Crippen LogP contribution in [0.1, 0.15) is 40.2 Å². The summed E-state index contributed by atoms with van der Waals surface area (Å²) >= 11 is 0. The summed E-state index contributed by atoms with van der Waals surface area (Å²) in [5.41, 5.74) is -0.878. The van der Waals surface area contributed by atoms with E-state index in [0.29, 0.717) is 5.69 Å².